The fourth-order valence-electron chi connectivity index (χ4n) is 4.21. The molecule has 1 aromatic rings. The molecule has 1 saturated carbocycles. The van der Waals surface area contributed by atoms with Crippen LogP contribution in [-0.2, 0) is 14.0 Å². The van der Waals surface area contributed by atoms with E-state index in [4.69, 9.17) is 13.9 Å². The van der Waals surface area contributed by atoms with E-state index >= 15 is 0 Å². The van der Waals surface area contributed by atoms with Crippen molar-refractivity contribution in [1.29, 1.82) is 0 Å². The molecule has 34 heavy (non-hydrogen) atoms. The number of ether oxygens (including phenoxy) is 2. The largest absolute Gasteiger partial charge is 0.494 e. The summed E-state index contributed by atoms with van der Waals surface area (Å²) in [5.74, 6) is 0.814. The summed E-state index contributed by atoms with van der Waals surface area (Å²) in [5.41, 5.74) is -0.973. The van der Waals surface area contributed by atoms with Crippen molar-refractivity contribution in [3.05, 3.63) is 42.5 Å². The van der Waals surface area contributed by atoms with Crippen LogP contribution in [0.25, 0.3) is 0 Å². The zero-order valence-corrected chi connectivity index (χ0v) is 23.1. The van der Waals surface area contributed by atoms with E-state index in [0.717, 1.165) is 31.4 Å². The first-order valence-electron chi connectivity index (χ1n) is 12.9. The number of allylic oxidation sites excluding steroid dienone is 1. The summed E-state index contributed by atoms with van der Waals surface area (Å²) in [6, 6.07) is 9.90. The number of hydrogen-bond donors (Lipinski definition) is 1. The summed E-state index contributed by atoms with van der Waals surface area (Å²) in [7, 11) is -1.94. The summed E-state index contributed by atoms with van der Waals surface area (Å²) < 4.78 is 17.7. The molecule has 0 bridgehead atoms. The topological polar surface area (TPSA) is 65.0 Å². The third-order valence-electron chi connectivity index (χ3n) is 7.13. The molecule has 2 rings (SSSR count). The Morgan fingerprint density at radius 3 is 2.62 bits per heavy atom. The molecule has 1 aromatic carbocycles. The second-order valence-corrected chi connectivity index (χ2v) is 15.9. The molecule has 1 N–H and O–H groups in total. The first-order valence-corrected chi connectivity index (χ1v) is 15.8. The normalized spacial score (nSPS) is 22.5. The van der Waals surface area contributed by atoms with Gasteiger partial charge in [-0.05, 0) is 81.6 Å². The molecule has 1 aliphatic rings. The first-order chi connectivity index (χ1) is 15.9. The SMILES string of the molecule is CCOC(=O)CC1(O)CCCC(/C=C/C(CCCOc2ccccc2)O[Si](C)(C)C(C)(C)C)C1. The van der Waals surface area contributed by atoms with Gasteiger partial charge >= 0.3 is 5.97 Å². The number of benzene rings is 1. The van der Waals surface area contributed by atoms with Crippen LogP contribution < -0.4 is 4.74 Å². The molecule has 0 heterocycles. The van der Waals surface area contributed by atoms with Crippen molar-refractivity contribution in [1.82, 2.24) is 0 Å². The zero-order valence-electron chi connectivity index (χ0n) is 22.1. The average Bonchev–Trinajstić information content (AvgIpc) is 2.74. The van der Waals surface area contributed by atoms with Crippen molar-refractivity contribution in [3.63, 3.8) is 0 Å². The highest BCUT2D eigenvalue weighted by atomic mass is 28.4. The molecule has 0 radical (unpaired) electrons. The minimum atomic E-state index is -1.94. The predicted molar refractivity (Wildman–Crippen MR) is 141 cm³/mol. The lowest BCUT2D eigenvalue weighted by molar-refractivity contribution is -0.150. The van der Waals surface area contributed by atoms with Crippen LogP contribution in [0, 0.1) is 5.92 Å². The molecule has 0 spiro atoms. The van der Waals surface area contributed by atoms with Gasteiger partial charge in [-0.3, -0.25) is 4.79 Å². The third-order valence-corrected chi connectivity index (χ3v) is 11.6. The molecule has 0 saturated heterocycles. The second kappa shape index (κ2) is 12.9. The minimum Gasteiger partial charge on any atom is -0.494 e. The molecule has 1 aliphatic carbocycles. The van der Waals surface area contributed by atoms with Gasteiger partial charge in [0.1, 0.15) is 5.75 Å². The van der Waals surface area contributed by atoms with Gasteiger partial charge in [0.05, 0.1) is 31.3 Å². The molecule has 0 aliphatic heterocycles. The van der Waals surface area contributed by atoms with Gasteiger partial charge in [0.25, 0.3) is 0 Å². The fourth-order valence-corrected chi connectivity index (χ4v) is 5.52. The molecule has 3 unspecified atom stereocenters. The molecule has 6 heteroatoms. The predicted octanol–water partition coefficient (Wildman–Crippen LogP) is 6.67. The van der Waals surface area contributed by atoms with Crippen LogP contribution >= 0.6 is 0 Å². The lowest BCUT2D eigenvalue weighted by atomic mass is 9.76. The first kappa shape index (κ1) is 28.6. The Balaban J connectivity index is 2.00. The molecule has 0 aromatic heterocycles. The van der Waals surface area contributed by atoms with Crippen LogP contribution in [0.1, 0.15) is 72.6 Å². The summed E-state index contributed by atoms with van der Waals surface area (Å²) in [6.07, 6.45) is 9.45. The van der Waals surface area contributed by atoms with Crippen LogP contribution in [0.15, 0.2) is 42.5 Å². The van der Waals surface area contributed by atoms with Gasteiger partial charge in [-0.15, -0.1) is 0 Å². The maximum absolute atomic E-state index is 12.0. The van der Waals surface area contributed by atoms with Crippen molar-refractivity contribution >= 4 is 14.3 Å². The minimum absolute atomic E-state index is 0.0142. The Hall–Kier alpha value is -1.63. The molecule has 0 amide bonds. The van der Waals surface area contributed by atoms with Crippen LogP contribution in [-0.4, -0.2) is 44.3 Å². The fraction of sp³-hybridized carbons (Fsp3) is 0.679. The van der Waals surface area contributed by atoms with Crippen molar-refractivity contribution in [2.24, 2.45) is 5.92 Å². The van der Waals surface area contributed by atoms with Gasteiger partial charge in [-0.2, -0.15) is 0 Å². The van der Waals surface area contributed by atoms with Gasteiger partial charge in [-0.25, -0.2) is 0 Å². The average molecular weight is 491 g/mol. The van der Waals surface area contributed by atoms with Crippen LogP contribution in [0.3, 0.4) is 0 Å². The summed E-state index contributed by atoms with van der Waals surface area (Å²) >= 11 is 0. The van der Waals surface area contributed by atoms with Crippen LogP contribution in [0.4, 0.5) is 0 Å². The highest BCUT2D eigenvalue weighted by Gasteiger charge is 2.39. The zero-order chi connectivity index (χ0) is 25.2. The quantitative estimate of drug-likeness (QED) is 0.153. The van der Waals surface area contributed by atoms with Gasteiger partial charge in [0.2, 0.25) is 0 Å². The van der Waals surface area contributed by atoms with Crippen LogP contribution in [0.2, 0.25) is 18.1 Å². The Bertz CT molecular complexity index is 771. The van der Waals surface area contributed by atoms with Crippen molar-refractivity contribution in [3.8, 4) is 5.75 Å². The Labute approximate surface area is 208 Å². The van der Waals surface area contributed by atoms with Gasteiger partial charge in [0.15, 0.2) is 8.32 Å². The number of esters is 1. The van der Waals surface area contributed by atoms with Crippen molar-refractivity contribution in [2.75, 3.05) is 13.2 Å². The Morgan fingerprint density at radius 1 is 1.26 bits per heavy atom. The lowest BCUT2D eigenvalue weighted by Crippen LogP contribution is -2.43. The molecular formula is C28H46O5Si. The van der Waals surface area contributed by atoms with Crippen molar-refractivity contribution < 1.29 is 23.8 Å². The van der Waals surface area contributed by atoms with Gasteiger partial charge < -0.3 is 19.0 Å². The van der Waals surface area contributed by atoms with Gasteiger partial charge in [-0.1, -0.05) is 51.1 Å². The standard InChI is InChI=1S/C28H46O5Si/c1-7-31-26(29)22-28(30)19-11-13-23(21-28)17-18-25(33-34(5,6)27(2,3)4)16-12-20-32-24-14-9-8-10-15-24/h8-10,14-15,17-18,23,25,30H,7,11-13,16,19-22H2,1-6H3/b18-17+. The highest BCUT2D eigenvalue weighted by Crippen LogP contribution is 2.39. The second-order valence-electron chi connectivity index (χ2n) is 11.2. The third kappa shape index (κ3) is 9.55. The number of hydrogen-bond acceptors (Lipinski definition) is 5. The number of rotatable bonds is 12. The smallest absolute Gasteiger partial charge is 0.308 e. The highest BCUT2D eigenvalue weighted by molar-refractivity contribution is 6.74. The number of carbonyl (C=O) groups is 1. The summed E-state index contributed by atoms with van der Waals surface area (Å²) in [6.45, 7) is 14.1. The lowest BCUT2D eigenvalue weighted by Gasteiger charge is -2.39. The number of carbonyl (C=O) groups excluding carboxylic acids is 1. The van der Waals surface area contributed by atoms with Crippen LogP contribution in [0.5, 0.6) is 5.75 Å². The Kier molecular flexibility index (Phi) is 10.8. The molecule has 192 valence electrons. The summed E-state index contributed by atoms with van der Waals surface area (Å²) in [4.78, 5) is 12.0. The molecule has 1 fully saturated rings. The van der Waals surface area contributed by atoms with E-state index in [9.17, 15) is 9.90 Å². The van der Waals surface area contributed by atoms with Crippen molar-refractivity contribution in [2.45, 2.75) is 102 Å². The van der Waals surface area contributed by atoms with E-state index < -0.39 is 13.9 Å². The monoisotopic (exact) mass is 490 g/mol. The van der Waals surface area contributed by atoms with E-state index in [1.54, 1.807) is 6.92 Å². The summed E-state index contributed by atoms with van der Waals surface area (Å²) in [5, 5.41) is 11.1. The number of para-hydroxylation sites is 1. The molecule has 5 nitrogen and oxygen atoms in total. The van der Waals surface area contributed by atoms with Gasteiger partial charge in [0, 0.05) is 0 Å². The van der Waals surface area contributed by atoms with E-state index in [0.29, 0.717) is 26.1 Å². The van der Waals surface area contributed by atoms with E-state index in [1.165, 1.54) is 0 Å². The molecular weight excluding hydrogens is 444 g/mol. The number of aliphatic hydroxyl groups is 1. The maximum atomic E-state index is 12.0. The molecule has 3 atom stereocenters. The van der Waals surface area contributed by atoms with E-state index in [1.807, 2.05) is 30.3 Å². The van der Waals surface area contributed by atoms with E-state index in [2.05, 4.69) is 46.0 Å². The maximum Gasteiger partial charge on any atom is 0.308 e. The Morgan fingerprint density at radius 2 is 1.97 bits per heavy atom. The van der Waals surface area contributed by atoms with E-state index in [-0.39, 0.29) is 29.5 Å².